The Kier molecular flexibility index (Phi) is 8.52. The number of ether oxygens (including phenoxy) is 2. The van der Waals surface area contributed by atoms with Gasteiger partial charge in [-0.3, -0.25) is 9.69 Å². The van der Waals surface area contributed by atoms with Crippen LogP contribution >= 0.6 is 11.6 Å². The number of hydrogen-bond acceptors (Lipinski definition) is 6. The lowest BCUT2D eigenvalue weighted by atomic mass is 9.86. The molecule has 1 aliphatic heterocycles. The van der Waals surface area contributed by atoms with Crippen LogP contribution in [0.5, 0.6) is 11.5 Å². The molecule has 1 amide bonds. The molecule has 2 aromatic carbocycles. The third kappa shape index (κ3) is 6.06. The van der Waals surface area contributed by atoms with Gasteiger partial charge in [0.15, 0.2) is 11.5 Å². The van der Waals surface area contributed by atoms with E-state index in [-0.39, 0.29) is 18.4 Å². The SMILES string of the molecule is COc1cc2c(cc1OC(C)C)C(c1ccc(Cl)cc1)N(c1ccc(N(C)CC3CCC(N)CC3)cn1)C(=O)C2. The van der Waals surface area contributed by atoms with E-state index in [1.807, 2.05) is 62.5 Å². The predicted octanol–water partition coefficient (Wildman–Crippen LogP) is 6.16. The van der Waals surface area contributed by atoms with Crippen molar-refractivity contribution in [1.82, 2.24) is 4.98 Å². The summed E-state index contributed by atoms with van der Waals surface area (Å²) in [6, 6.07) is 15.5. The fraction of sp³-hybridized carbons (Fsp3) is 0.438. The molecule has 0 bridgehead atoms. The monoisotopic (exact) mass is 562 g/mol. The van der Waals surface area contributed by atoms with Crippen molar-refractivity contribution in [3.05, 3.63) is 76.4 Å². The van der Waals surface area contributed by atoms with Crippen LogP contribution in [0.3, 0.4) is 0 Å². The van der Waals surface area contributed by atoms with Gasteiger partial charge in [-0.05, 0) is 98.5 Å². The number of methoxy groups -OCH3 is 1. The number of nitrogens with two attached hydrogens (primary N) is 1. The number of hydrogen-bond donors (Lipinski definition) is 1. The highest BCUT2D eigenvalue weighted by Gasteiger charge is 2.37. The minimum Gasteiger partial charge on any atom is -0.493 e. The molecule has 5 rings (SSSR count). The summed E-state index contributed by atoms with van der Waals surface area (Å²) in [7, 11) is 3.72. The van der Waals surface area contributed by atoms with E-state index in [0.29, 0.717) is 34.3 Å². The van der Waals surface area contributed by atoms with E-state index in [1.165, 1.54) is 0 Å². The molecular formula is C32H39ClN4O3. The van der Waals surface area contributed by atoms with Crippen molar-refractivity contribution in [2.24, 2.45) is 11.7 Å². The van der Waals surface area contributed by atoms with E-state index < -0.39 is 6.04 Å². The summed E-state index contributed by atoms with van der Waals surface area (Å²) in [6.07, 6.45) is 6.59. The Morgan fingerprint density at radius 1 is 1.07 bits per heavy atom. The minimum atomic E-state index is -0.392. The molecule has 3 aromatic rings. The summed E-state index contributed by atoms with van der Waals surface area (Å²) < 4.78 is 11.7. The van der Waals surface area contributed by atoms with Crippen molar-refractivity contribution in [3.8, 4) is 11.5 Å². The molecular weight excluding hydrogens is 524 g/mol. The molecule has 7 nitrogen and oxygen atoms in total. The zero-order chi connectivity index (χ0) is 28.4. The Labute approximate surface area is 242 Å². The summed E-state index contributed by atoms with van der Waals surface area (Å²) in [5, 5.41) is 0.640. The van der Waals surface area contributed by atoms with Crippen molar-refractivity contribution in [1.29, 1.82) is 0 Å². The number of anilines is 2. The highest BCUT2D eigenvalue weighted by atomic mass is 35.5. The van der Waals surface area contributed by atoms with Gasteiger partial charge in [0.2, 0.25) is 5.91 Å². The Bertz CT molecular complexity index is 1320. The number of benzene rings is 2. The fourth-order valence-corrected chi connectivity index (χ4v) is 6.03. The molecule has 0 spiro atoms. The second-order valence-corrected chi connectivity index (χ2v) is 11.7. The molecule has 0 radical (unpaired) electrons. The number of nitrogens with zero attached hydrogens (tertiary/aromatic N) is 3. The first-order valence-electron chi connectivity index (χ1n) is 14.1. The zero-order valence-electron chi connectivity index (χ0n) is 23.8. The van der Waals surface area contributed by atoms with Crippen molar-refractivity contribution in [3.63, 3.8) is 0 Å². The summed E-state index contributed by atoms with van der Waals surface area (Å²) in [5.41, 5.74) is 9.97. The number of carbonyl (C=O) groups excluding carboxylic acids is 1. The van der Waals surface area contributed by atoms with Gasteiger partial charge in [0.1, 0.15) is 5.82 Å². The highest BCUT2D eigenvalue weighted by molar-refractivity contribution is 6.30. The molecule has 1 saturated carbocycles. The van der Waals surface area contributed by atoms with Gasteiger partial charge in [-0.1, -0.05) is 23.7 Å². The largest absolute Gasteiger partial charge is 0.493 e. The zero-order valence-corrected chi connectivity index (χ0v) is 24.5. The summed E-state index contributed by atoms with van der Waals surface area (Å²) in [4.78, 5) is 22.6. The van der Waals surface area contributed by atoms with E-state index in [0.717, 1.165) is 54.6 Å². The van der Waals surface area contributed by atoms with Crippen LogP contribution in [0.2, 0.25) is 5.02 Å². The number of halogens is 1. The molecule has 1 atom stereocenters. The van der Waals surface area contributed by atoms with E-state index in [4.69, 9.17) is 31.8 Å². The van der Waals surface area contributed by atoms with Crippen LogP contribution in [0, 0.1) is 5.92 Å². The Morgan fingerprint density at radius 3 is 2.42 bits per heavy atom. The van der Waals surface area contributed by atoms with E-state index in [2.05, 4.69) is 18.0 Å². The lowest BCUT2D eigenvalue weighted by molar-refractivity contribution is -0.118. The number of pyridine rings is 1. The summed E-state index contributed by atoms with van der Waals surface area (Å²) in [5.74, 6) is 2.49. The maximum Gasteiger partial charge on any atom is 0.233 e. The van der Waals surface area contributed by atoms with E-state index >= 15 is 0 Å². The number of amides is 1. The van der Waals surface area contributed by atoms with Crippen LogP contribution in [0.1, 0.15) is 62.3 Å². The van der Waals surface area contributed by atoms with Crippen LogP contribution < -0.4 is 25.0 Å². The maximum atomic E-state index is 13.7. The van der Waals surface area contributed by atoms with Crippen LogP contribution in [-0.2, 0) is 11.2 Å². The normalized spacial score (nSPS) is 20.8. The molecule has 40 heavy (non-hydrogen) atoms. The molecule has 2 N–H and O–H groups in total. The quantitative estimate of drug-likeness (QED) is 0.354. The summed E-state index contributed by atoms with van der Waals surface area (Å²) in [6.45, 7) is 4.94. The number of carbonyl (C=O) groups is 1. The molecule has 1 unspecified atom stereocenters. The molecule has 1 aromatic heterocycles. The lowest BCUT2D eigenvalue weighted by Crippen LogP contribution is -2.41. The topological polar surface area (TPSA) is 80.9 Å². The average molecular weight is 563 g/mol. The smallest absolute Gasteiger partial charge is 0.233 e. The van der Waals surface area contributed by atoms with Crippen molar-refractivity contribution >= 4 is 29.0 Å². The molecule has 0 saturated heterocycles. The third-order valence-electron chi connectivity index (χ3n) is 7.98. The molecule has 2 aliphatic rings. The average Bonchev–Trinajstić information content (AvgIpc) is 2.94. The van der Waals surface area contributed by atoms with Crippen LogP contribution in [0.25, 0.3) is 0 Å². The van der Waals surface area contributed by atoms with Gasteiger partial charge in [-0.2, -0.15) is 0 Å². The second kappa shape index (κ2) is 12.1. The van der Waals surface area contributed by atoms with Gasteiger partial charge < -0.3 is 20.1 Å². The minimum absolute atomic E-state index is 0.0285. The third-order valence-corrected chi connectivity index (χ3v) is 8.23. The van der Waals surface area contributed by atoms with Crippen LogP contribution in [0.15, 0.2) is 54.7 Å². The molecule has 8 heteroatoms. The molecule has 1 aliphatic carbocycles. The van der Waals surface area contributed by atoms with Crippen molar-refractivity contribution in [2.45, 2.75) is 64.1 Å². The van der Waals surface area contributed by atoms with Crippen molar-refractivity contribution in [2.75, 3.05) is 30.5 Å². The van der Waals surface area contributed by atoms with Crippen LogP contribution in [-0.4, -0.2) is 43.7 Å². The number of aromatic nitrogens is 1. The molecule has 2 heterocycles. The highest BCUT2D eigenvalue weighted by Crippen LogP contribution is 2.43. The van der Waals surface area contributed by atoms with E-state index in [9.17, 15) is 4.79 Å². The predicted molar refractivity (Wildman–Crippen MR) is 161 cm³/mol. The number of rotatable bonds is 8. The fourth-order valence-electron chi connectivity index (χ4n) is 5.91. The first kappa shape index (κ1) is 28.2. The van der Waals surface area contributed by atoms with Gasteiger partial charge in [0, 0.05) is 24.7 Å². The van der Waals surface area contributed by atoms with Crippen LogP contribution in [0.4, 0.5) is 11.5 Å². The first-order valence-corrected chi connectivity index (χ1v) is 14.5. The maximum absolute atomic E-state index is 13.7. The van der Waals surface area contributed by atoms with Gasteiger partial charge in [0.25, 0.3) is 0 Å². The Balaban J connectivity index is 1.49. The summed E-state index contributed by atoms with van der Waals surface area (Å²) >= 11 is 6.24. The van der Waals surface area contributed by atoms with Gasteiger partial charge in [-0.15, -0.1) is 0 Å². The molecule has 1 fully saturated rings. The lowest BCUT2D eigenvalue weighted by Gasteiger charge is -2.37. The van der Waals surface area contributed by atoms with Gasteiger partial charge in [0.05, 0.1) is 37.6 Å². The second-order valence-electron chi connectivity index (χ2n) is 11.3. The first-order chi connectivity index (χ1) is 19.2. The molecule has 212 valence electrons. The Hall–Kier alpha value is -3.29. The standard InChI is InChI=1S/C32H39ClN4O3/c1-20(2)40-29-17-27-23(15-28(29)39-4)16-31(38)37(32(27)22-7-9-24(33)10-8-22)30-14-13-26(18-35-30)36(3)19-21-5-11-25(34)12-6-21/h7-10,13-15,17-18,20-21,25,32H,5-6,11-12,16,19,34H2,1-4H3. The van der Waals surface area contributed by atoms with Crippen molar-refractivity contribution < 1.29 is 14.3 Å². The van der Waals surface area contributed by atoms with Gasteiger partial charge in [-0.25, -0.2) is 4.98 Å². The Morgan fingerprint density at radius 2 is 1.80 bits per heavy atom. The number of fused-ring (bicyclic) bond motifs is 1. The van der Waals surface area contributed by atoms with E-state index in [1.54, 1.807) is 12.0 Å². The van der Waals surface area contributed by atoms with Gasteiger partial charge >= 0.3 is 0 Å².